The largest absolute Gasteiger partial charge is 0.364 e. The quantitative estimate of drug-likeness (QED) is 0.541. The Morgan fingerprint density at radius 2 is 1.73 bits per heavy atom. The highest BCUT2D eigenvalue weighted by molar-refractivity contribution is 7.15. The number of hydrogen-bond donors (Lipinski definition) is 1. The molecule has 0 atom stereocenters. The first-order chi connectivity index (χ1) is 15.9. The lowest BCUT2D eigenvalue weighted by atomic mass is 9.89. The van der Waals surface area contributed by atoms with Crippen LogP contribution >= 0.6 is 11.3 Å². The van der Waals surface area contributed by atoms with Crippen LogP contribution in [0, 0.1) is 5.92 Å². The maximum Gasteiger partial charge on any atom is 0.268 e. The van der Waals surface area contributed by atoms with Crippen molar-refractivity contribution in [1.82, 2.24) is 14.9 Å². The first-order valence-electron chi connectivity index (χ1n) is 11.0. The van der Waals surface area contributed by atoms with E-state index < -0.39 is 5.91 Å². The molecule has 0 spiro atoms. The van der Waals surface area contributed by atoms with Crippen LogP contribution in [-0.4, -0.2) is 45.6 Å². The lowest BCUT2D eigenvalue weighted by molar-refractivity contribution is -0.130. The van der Waals surface area contributed by atoms with Crippen molar-refractivity contribution in [2.75, 3.05) is 13.1 Å². The Labute approximate surface area is 196 Å². The Morgan fingerprint density at radius 3 is 2.33 bits per heavy atom. The molecule has 2 amide bonds. The third kappa shape index (κ3) is 5.51. The zero-order valence-electron chi connectivity index (χ0n) is 18.5. The molecule has 0 unspecified atom stereocenters. The Kier molecular flexibility index (Phi) is 6.93. The van der Waals surface area contributed by atoms with E-state index in [9.17, 15) is 14.4 Å². The second-order valence-electron chi connectivity index (χ2n) is 8.34. The Balaban J connectivity index is 1.41. The molecule has 2 aromatic heterocycles. The Morgan fingerprint density at radius 1 is 1.06 bits per heavy atom. The summed E-state index contributed by atoms with van der Waals surface area (Å²) < 4.78 is 0. The average Bonchev–Trinajstić information content (AvgIpc) is 3.24. The molecule has 3 aromatic rings. The summed E-state index contributed by atoms with van der Waals surface area (Å²) in [6.45, 7) is 3.25. The number of ketones is 1. The Bertz CT molecular complexity index is 1150. The lowest BCUT2D eigenvalue weighted by Crippen LogP contribution is -2.37. The highest BCUT2D eigenvalue weighted by Gasteiger charge is 2.22. The summed E-state index contributed by atoms with van der Waals surface area (Å²) in [5, 5.41) is 0.639. The summed E-state index contributed by atoms with van der Waals surface area (Å²) in [7, 11) is 0. The minimum atomic E-state index is -0.638. The average molecular weight is 463 g/mol. The summed E-state index contributed by atoms with van der Waals surface area (Å²) in [5.41, 5.74) is 8.27. The summed E-state index contributed by atoms with van der Waals surface area (Å²) in [6, 6.07) is 11.3. The van der Waals surface area contributed by atoms with Gasteiger partial charge in [-0.15, -0.1) is 11.3 Å². The molecular weight excluding hydrogens is 436 g/mol. The van der Waals surface area contributed by atoms with E-state index in [1.807, 2.05) is 29.2 Å². The molecule has 1 saturated heterocycles. The van der Waals surface area contributed by atoms with E-state index in [1.165, 1.54) is 16.9 Å². The third-order valence-corrected chi connectivity index (χ3v) is 7.14. The normalized spacial score (nSPS) is 14.3. The monoisotopic (exact) mass is 462 g/mol. The van der Waals surface area contributed by atoms with Crippen molar-refractivity contribution in [2.24, 2.45) is 11.7 Å². The van der Waals surface area contributed by atoms with Crippen LogP contribution in [0.15, 0.2) is 48.8 Å². The zero-order chi connectivity index (χ0) is 23.4. The van der Waals surface area contributed by atoms with E-state index in [2.05, 4.69) is 9.97 Å². The van der Waals surface area contributed by atoms with Crippen molar-refractivity contribution >= 4 is 28.9 Å². The number of thiazole rings is 1. The highest BCUT2D eigenvalue weighted by Crippen LogP contribution is 2.29. The van der Waals surface area contributed by atoms with Crippen LogP contribution in [0.2, 0.25) is 0 Å². The molecule has 0 aliphatic carbocycles. The lowest BCUT2D eigenvalue weighted by Gasteiger charge is -2.31. The number of pyridine rings is 1. The number of amides is 2. The van der Waals surface area contributed by atoms with Crippen LogP contribution in [0.5, 0.6) is 0 Å². The van der Waals surface area contributed by atoms with Gasteiger partial charge in [0.1, 0.15) is 10.7 Å². The number of carbonyl (C=O) groups excluding carboxylic acids is 3. The first kappa shape index (κ1) is 22.8. The highest BCUT2D eigenvalue weighted by atomic mass is 32.1. The molecule has 1 fully saturated rings. The van der Waals surface area contributed by atoms with Crippen molar-refractivity contribution < 1.29 is 14.4 Å². The summed E-state index contributed by atoms with van der Waals surface area (Å²) in [6.07, 6.45) is 6.32. The Hall–Kier alpha value is -3.39. The molecule has 8 heteroatoms. The fourth-order valence-corrected chi connectivity index (χ4v) is 5.21. The van der Waals surface area contributed by atoms with Gasteiger partial charge < -0.3 is 10.6 Å². The fraction of sp³-hybridized carbons (Fsp3) is 0.320. The minimum absolute atomic E-state index is 0.0733. The number of piperidine rings is 1. The van der Waals surface area contributed by atoms with Gasteiger partial charge in [0.15, 0.2) is 5.78 Å². The second-order valence-corrected chi connectivity index (χ2v) is 9.43. The van der Waals surface area contributed by atoms with Gasteiger partial charge in [-0.25, -0.2) is 4.98 Å². The maximum absolute atomic E-state index is 12.9. The molecule has 0 bridgehead atoms. The van der Waals surface area contributed by atoms with Crippen LogP contribution in [-0.2, 0) is 17.6 Å². The van der Waals surface area contributed by atoms with Gasteiger partial charge in [-0.2, -0.15) is 0 Å². The van der Waals surface area contributed by atoms with Crippen molar-refractivity contribution in [2.45, 2.75) is 32.6 Å². The van der Waals surface area contributed by atoms with E-state index in [0.29, 0.717) is 21.4 Å². The van der Waals surface area contributed by atoms with E-state index >= 15 is 0 Å². The van der Waals surface area contributed by atoms with Crippen molar-refractivity contribution in [3.63, 3.8) is 0 Å². The first-order valence-corrected chi connectivity index (χ1v) is 11.8. The molecule has 7 nitrogen and oxygen atoms in total. The number of rotatable bonds is 7. The molecule has 1 aromatic carbocycles. The van der Waals surface area contributed by atoms with Crippen LogP contribution in [0.4, 0.5) is 0 Å². The topological polar surface area (TPSA) is 106 Å². The molecule has 0 radical (unpaired) electrons. The van der Waals surface area contributed by atoms with Crippen LogP contribution in [0.3, 0.4) is 0 Å². The summed E-state index contributed by atoms with van der Waals surface area (Å²) in [5.74, 6) is -0.0296. The smallest absolute Gasteiger partial charge is 0.268 e. The molecule has 170 valence electrons. The molecule has 33 heavy (non-hydrogen) atoms. The zero-order valence-corrected chi connectivity index (χ0v) is 19.3. The van der Waals surface area contributed by atoms with Crippen LogP contribution in [0.1, 0.15) is 51.1 Å². The molecule has 4 rings (SSSR count). The minimum Gasteiger partial charge on any atom is -0.364 e. The number of hydrogen-bond acceptors (Lipinski definition) is 6. The number of benzene rings is 1. The fourth-order valence-electron chi connectivity index (χ4n) is 4.14. The van der Waals surface area contributed by atoms with Gasteiger partial charge in [0.05, 0.1) is 0 Å². The number of likely N-dealkylation sites (tertiary alicyclic amines) is 1. The van der Waals surface area contributed by atoms with E-state index in [-0.39, 0.29) is 23.8 Å². The number of carbonyl (C=O) groups is 3. The summed E-state index contributed by atoms with van der Waals surface area (Å²) >= 11 is 1.30. The van der Waals surface area contributed by atoms with Gasteiger partial charge in [-0.05, 0) is 42.9 Å². The van der Waals surface area contributed by atoms with Gasteiger partial charge in [0.25, 0.3) is 5.91 Å². The molecular formula is C25H26N4O3S. The van der Waals surface area contributed by atoms with Gasteiger partial charge in [-0.1, -0.05) is 24.3 Å². The predicted octanol–water partition coefficient (Wildman–Crippen LogP) is 3.53. The molecule has 0 saturated carbocycles. The molecule has 1 aliphatic heterocycles. The van der Waals surface area contributed by atoms with Crippen molar-refractivity contribution in [1.29, 1.82) is 0 Å². The molecule has 2 N–H and O–H groups in total. The van der Waals surface area contributed by atoms with E-state index in [4.69, 9.17) is 5.73 Å². The number of nitrogens with two attached hydrogens (primary N) is 1. The third-order valence-electron chi connectivity index (χ3n) is 6.04. The van der Waals surface area contributed by atoms with E-state index in [1.54, 1.807) is 31.5 Å². The SMILES string of the molecule is CC(=O)N1CCC(Cc2ccc(C(=O)Cc3sc(-c4ccncc4)nc3C(N)=O)cc2)CC1. The van der Waals surface area contributed by atoms with Crippen LogP contribution in [0.25, 0.3) is 10.6 Å². The van der Waals surface area contributed by atoms with Crippen LogP contribution < -0.4 is 5.73 Å². The van der Waals surface area contributed by atoms with E-state index in [0.717, 1.165) is 37.9 Å². The number of Topliss-reactive ketones (excluding diaryl/α,β-unsaturated/α-hetero) is 1. The summed E-state index contributed by atoms with van der Waals surface area (Å²) in [4.78, 5) is 47.1. The maximum atomic E-state index is 12.9. The second kappa shape index (κ2) is 10.0. The van der Waals surface area contributed by atoms with Gasteiger partial charge in [0.2, 0.25) is 5.91 Å². The number of primary amides is 1. The molecule has 1 aliphatic rings. The van der Waals surface area contributed by atoms with Gasteiger partial charge in [0, 0.05) is 54.8 Å². The van der Waals surface area contributed by atoms with Crippen molar-refractivity contribution in [3.05, 3.63) is 70.5 Å². The van der Waals surface area contributed by atoms with Gasteiger partial charge >= 0.3 is 0 Å². The number of aromatic nitrogens is 2. The molecule has 3 heterocycles. The standard InChI is InChI=1S/C25H26N4O3S/c1-16(30)29-12-8-18(9-13-29)14-17-2-4-19(5-3-17)21(31)15-22-23(24(26)32)28-25(33-22)20-6-10-27-11-7-20/h2-7,10-11,18H,8-9,12-15H2,1H3,(H2,26,32). The predicted molar refractivity (Wildman–Crippen MR) is 127 cm³/mol. The van der Waals surface area contributed by atoms with Gasteiger partial charge in [-0.3, -0.25) is 19.4 Å². The number of nitrogens with zero attached hydrogens (tertiary/aromatic N) is 3. The van der Waals surface area contributed by atoms with Crippen molar-refractivity contribution in [3.8, 4) is 10.6 Å².